The van der Waals surface area contributed by atoms with E-state index in [0.717, 1.165) is 18.4 Å². The molecule has 0 spiro atoms. The summed E-state index contributed by atoms with van der Waals surface area (Å²) in [6, 6.07) is 9.67. The number of piperidine rings is 1. The van der Waals surface area contributed by atoms with Gasteiger partial charge in [-0.25, -0.2) is 0 Å². The molecule has 5 nitrogen and oxygen atoms in total. The van der Waals surface area contributed by atoms with E-state index in [1.54, 1.807) is 11.0 Å². The minimum Gasteiger partial charge on any atom is -0.472 e. The molecule has 0 saturated carbocycles. The summed E-state index contributed by atoms with van der Waals surface area (Å²) in [5, 5.41) is 3.01. The second-order valence-electron chi connectivity index (χ2n) is 6.25. The van der Waals surface area contributed by atoms with Gasteiger partial charge < -0.3 is 14.6 Å². The Kier molecular flexibility index (Phi) is 4.99. The Bertz CT molecular complexity index is 709. The number of amides is 2. The molecule has 1 aliphatic heterocycles. The van der Waals surface area contributed by atoms with Crippen LogP contribution in [0.15, 0.2) is 47.3 Å². The summed E-state index contributed by atoms with van der Waals surface area (Å²) >= 11 is 0. The topological polar surface area (TPSA) is 62.6 Å². The van der Waals surface area contributed by atoms with Crippen LogP contribution in [-0.4, -0.2) is 29.8 Å². The fourth-order valence-electron chi connectivity index (χ4n) is 3.08. The Hall–Kier alpha value is -2.56. The molecule has 1 saturated heterocycles. The average molecular weight is 326 g/mol. The van der Waals surface area contributed by atoms with Crippen LogP contribution >= 0.6 is 0 Å². The number of likely N-dealkylation sites (tertiary alicyclic amines) is 1. The number of furan rings is 1. The first-order valence-corrected chi connectivity index (χ1v) is 8.29. The second-order valence-corrected chi connectivity index (χ2v) is 6.25. The zero-order valence-corrected chi connectivity index (χ0v) is 13.8. The molecule has 1 N–H and O–H groups in total. The summed E-state index contributed by atoms with van der Waals surface area (Å²) in [5.41, 5.74) is 2.82. The molecule has 1 aromatic heterocycles. The summed E-state index contributed by atoms with van der Waals surface area (Å²) in [4.78, 5) is 26.6. The lowest BCUT2D eigenvalue weighted by atomic mass is 9.96. The normalized spacial score (nSPS) is 17.5. The van der Waals surface area contributed by atoms with E-state index in [4.69, 9.17) is 4.42 Å². The molecule has 1 atom stereocenters. The lowest BCUT2D eigenvalue weighted by molar-refractivity contribution is -0.126. The lowest BCUT2D eigenvalue weighted by Crippen LogP contribution is -2.45. The SMILES string of the molecule is Cc1ccccc1CNC(=O)C1CCCN(C(=O)c2ccoc2)C1. The van der Waals surface area contributed by atoms with Crippen LogP contribution in [0.5, 0.6) is 0 Å². The van der Waals surface area contributed by atoms with E-state index in [1.165, 1.54) is 18.1 Å². The van der Waals surface area contributed by atoms with Crippen molar-refractivity contribution < 1.29 is 14.0 Å². The molecule has 1 fully saturated rings. The van der Waals surface area contributed by atoms with E-state index in [9.17, 15) is 9.59 Å². The van der Waals surface area contributed by atoms with Gasteiger partial charge in [0, 0.05) is 19.6 Å². The van der Waals surface area contributed by atoms with Crippen molar-refractivity contribution in [1.29, 1.82) is 0 Å². The summed E-state index contributed by atoms with van der Waals surface area (Å²) in [5.74, 6) is -0.207. The quantitative estimate of drug-likeness (QED) is 0.940. The van der Waals surface area contributed by atoms with Gasteiger partial charge in [-0.05, 0) is 37.0 Å². The first kappa shape index (κ1) is 16.3. The minimum absolute atomic E-state index is 0.0166. The number of aryl methyl sites for hydroxylation is 1. The Balaban J connectivity index is 1.57. The molecule has 0 radical (unpaired) electrons. The smallest absolute Gasteiger partial charge is 0.257 e. The van der Waals surface area contributed by atoms with Gasteiger partial charge in [-0.2, -0.15) is 0 Å². The predicted molar refractivity (Wildman–Crippen MR) is 90.4 cm³/mol. The molecule has 1 unspecified atom stereocenters. The van der Waals surface area contributed by atoms with Crippen LogP contribution in [0.1, 0.15) is 34.3 Å². The second kappa shape index (κ2) is 7.34. The fraction of sp³-hybridized carbons (Fsp3) is 0.368. The summed E-state index contributed by atoms with van der Waals surface area (Å²) in [6.07, 6.45) is 4.59. The number of nitrogens with zero attached hydrogens (tertiary/aromatic N) is 1. The van der Waals surface area contributed by atoms with Crippen LogP contribution < -0.4 is 5.32 Å². The Morgan fingerprint density at radius 2 is 2.12 bits per heavy atom. The van der Waals surface area contributed by atoms with Gasteiger partial charge in [0.25, 0.3) is 5.91 Å². The Morgan fingerprint density at radius 1 is 1.29 bits per heavy atom. The first-order chi connectivity index (χ1) is 11.6. The Morgan fingerprint density at radius 3 is 2.88 bits per heavy atom. The third-order valence-corrected chi connectivity index (χ3v) is 4.56. The monoisotopic (exact) mass is 326 g/mol. The van der Waals surface area contributed by atoms with Crippen molar-refractivity contribution in [3.05, 3.63) is 59.5 Å². The highest BCUT2D eigenvalue weighted by atomic mass is 16.3. The van der Waals surface area contributed by atoms with E-state index in [2.05, 4.69) is 5.32 Å². The minimum atomic E-state index is -0.154. The number of hydrogen-bond acceptors (Lipinski definition) is 3. The molecule has 126 valence electrons. The molecule has 5 heteroatoms. The van der Waals surface area contributed by atoms with Crippen molar-refractivity contribution >= 4 is 11.8 Å². The highest BCUT2D eigenvalue weighted by Crippen LogP contribution is 2.19. The molecule has 0 aliphatic carbocycles. The number of carbonyl (C=O) groups is 2. The van der Waals surface area contributed by atoms with Crippen molar-refractivity contribution in [2.75, 3.05) is 13.1 Å². The number of rotatable bonds is 4. The first-order valence-electron chi connectivity index (χ1n) is 8.29. The van der Waals surface area contributed by atoms with Crippen LogP contribution in [0.3, 0.4) is 0 Å². The van der Waals surface area contributed by atoms with Gasteiger partial charge in [0.05, 0.1) is 17.7 Å². The van der Waals surface area contributed by atoms with E-state index >= 15 is 0 Å². The van der Waals surface area contributed by atoms with E-state index in [1.807, 2.05) is 31.2 Å². The summed E-state index contributed by atoms with van der Waals surface area (Å²) in [6.45, 7) is 3.71. The lowest BCUT2D eigenvalue weighted by Gasteiger charge is -2.31. The average Bonchev–Trinajstić information content (AvgIpc) is 3.15. The van der Waals surface area contributed by atoms with Gasteiger partial charge in [0.15, 0.2) is 0 Å². The zero-order valence-electron chi connectivity index (χ0n) is 13.8. The number of hydrogen-bond donors (Lipinski definition) is 1. The number of nitrogens with one attached hydrogen (secondary N) is 1. The largest absolute Gasteiger partial charge is 0.472 e. The maximum Gasteiger partial charge on any atom is 0.257 e. The van der Waals surface area contributed by atoms with Gasteiger partial charge >= 0.3 is 0 Å². The number of benzene rings is 1. The highest BCUT2D eigenvalue weighted by Gasteiger charge is 2.29. The molecule has 2 heterocycles. The molecule has 3 rings (SSSR count). The highest BCUT2D eigenvalue weighted by molar-refractivity contribution is 5.94. The molecular formula is C19H22N2O3. The van der Waals surface area contributed by atoms with Crippen LogP contribution in [0.4, 0.5) is 0 Å². The van der Waals surface area contributed by atoms with Crippen LogP contribution in [0.2, 0.25) is 0 Å². The van der Waals surface area contributed by atoms with Gasteiger partial charge in [0.1, 0.15) is 6.26 Å². The van der Waals surface area contributed by atoms with E-state index < -0.39 is 0 Å². The zero-order chi connectivity index (χ0) is 16.9. The predicted octanol–water partition coefficient (Wildman–Crippen LogP) is 2.76. The molecule has 2 aromatic rings. The van der Waals surface area contributed by atoms with Gasteiger partial charge in [-0.15, -0.1) is 0 Å². The van der Waals surface area contributed by atoms with Gasteiger partial charge in [0.2, 0.25) is 5.91 Å². The standard InChI is InChI=1S/C19H22N2O3/c1-14-5-2-3-6-15(14)11-20-18(22)16-7-4-9-21(12-16)19(23)17-8-10-24-13-17/h2-3,5-6,8,10,13,16H,4,7,9,11-12H2,1H3,(H,20,22). The van der Waals surface area contributed by atoms with Gasteiger partial charge in [-0.1, -0.05) is 24.3 Å². The molecular weight excluding hydrogens is 304 g/mol. The van der Waals surface area contributed by atoms with Crippen molar-refractivity contribution in [3.8, 4) is 0 Å². The van der Waals surface area contributed by atoms with E-state index in [0.29, 0.717) is 25.2 Å². The van der Waals surface area contributed by atoms with Crippen molar-refractivity contribution in [1.82, 2.24) is 10.2 Å². The van der Waals surface area contributed by atoms with E-state index in [-0.39, 0.29) is 17.7 Å². The molecule has 0 bridgehead atoms. The van der Waals surface area contributed by atoms with Crippen LogP contribution in [-0.2, 0) is 11.3 Å². The summed E-state index contributed by atoms with van der Waals surface area (Å²) in [7, 11) is 0. The third kappa shape index (κ3) is 3.67. The number of carbonyl (C=O) groups excluding carboxylic acids is 2. The maximum atomic E-state index is 12.5. The van der Waals surface area contributed by atoms with Gasteiger partial charge in [-0.3, -0.25) is 9.59 Å². The molecule has 1 aliphatic rings. The molecule has 1 aromatic carbocycles. The summed E-state index contributed by atoms with van der Waals surface area (Å²) < 4.78 is 4.97. The van der Waals surface area contributed by atoms with Crippen LogP contribution in [0, 0.1) is 12.8 Å². The molecule has 2 amide bonds. The third-order valence-electron chi connectivity index (χ3n) is 4.56. The fourth-order valence-corrected chi connectivity index (χ4v) is 3.08. The maximum absolute atomic E-state index is 12.5. The van der Waals surface area contributed by atoms with Crippen molar-refractivity contribution in [3.63, 3.8) is 0 Å². The van der Waals surface area contributed by atoms with Crippen molar-refractivity contribution in [2.24, 2.45) is 5.92 Å². The Labute approximate surface area is 141 Å². The molecule has 24 heavy (non-hydrogen) atoms. The van der Waals surface area contributed by atoms with Crippen molar-refractivity contribution in [2.45, 2.75) is 26.3 Å². The van der Waals surface area contributed by atoms with Crippen LogP contribution in [0.25, 0.3) is 0 Å².